The maximum absolute atomic E-state index is 11.2. The van der Waals surface area contributed by atoms with E-state index in [1.54, 1.807) is 43.2 Å². The van der Waals surface area contributed by atoms with Gasteiger partial charge in [-0.2, -0.15) is 5.10 Å². The zero-order valence-corrected chi connectivity index (χ0v) is 11.5. The van der Waals surface area contributed by atoms with Gasteiger partial charge in [-0.25, -0.2) is 9.20 Å². The second-order valence-corrected chi connectivity index (χ2v) is 5.31. The van der Waals surface area contributed by atoms with Crippen molar-refractivity contribution in [2.24, 2.45) is 5.41 Å². The molecule has 0 bridgehead atoms. The monoisotopic (exact) mass is 287 g/mol. The molecule has 108 valence electrons. The van der Waals surface area contributed by atoms with Crippen molar-refractivity contribution in [3.63, 3.8) is 0 Å². The maximum Gasteiger partial charge on any atom is 0.310 e. The fraction of sp³-hybridized carbons (Fsp3) is 0.333. The number of tetrazole rings is 1. The molecule has 3 aromatic rings. The predicted octanol–water partition coefficient (Wildman–Crippen LogP) is 0.494. The summed E-state index contributed by atoms with van der Waals surface area (Å²) in [6.45, 7) is 3.40. The van der Waals surface area contributed by atoms with Gasteiger partial charge in [-0.15, -0.1) is 5.10 Å². The van der Waals surface area contributed by atoms with E-state index in [-0.39, 0.29) is 6.54 Å². The molecule has 0 aliphatic rings. The fourth-order valence-corrected chi connectivity index (χ4v) is 1.95. The van der Waals surface area contributed by atoms with Crippen molar-refractivity contribution in [1.82, 2.24) is 34.8 Å². The number of hydrogen-bond donors (Lipinski definition) is 1. The van der Waals surface area contributed by atoms with Crippen LogP contribution >= 0.6 is 0 Å². The molecule has 9 heteroatoms. The Hall–Kier alpha value is -2.84. The Morgan fingerprint density at radius 1 is 1.38 bits per heavy atom. The molecule has 0 amide bonds. The summed E-state index contributed by atoms with van der Waals surface area (Å²) >= 11 is 0. The van der Waals surface area contributed by atoms with Crippen molar-refractivity contribution >= 4 is 11.5 Å². The van der Waals surface area contributed by atoms with Gasteiger partial charge < -0.3 is 5.11 Å². The summed E-state index contributed by atoms with van der Waals surface area (Å²) < 4.78 is 3.13. The molecule has 0 spiro atoms. The molecule has 21 heavy (non-hydrogen) atoms. The van der Waals surface area contributed by atoms with Crippen molar-refractivity contribution in [3.05, 3.63) is 24.8 Å². The van der Waals surface area contributed by atoms with E-state index in [4.69, 9.17) is 0 Å². The van der Waals surface area contributed by atoms with E-state index in [0.717, 1.165) is 5.52 Å². The van der Waals surface area contributed by atoms with Crippen LogP contribution in [0.2, 0.25) is 0 Å². The standard InChI is InChI=1S/C12H13N7O2/c1-12(2,11(20)21)7-19-10(15-16-17-19)8-5-14-18-4-3-13-6-9(8)18/h3-6H,7H2,1-2H3,(H,20,21). The van der Waals surface area contributed by atoms with Crippen LogP contribution in [0.1, 0.15) is 13.8 Å². The molecule has 0 saturated carbocycles. The van der Waals surface area contributed by atoms with Crippen LogP contribution in [0.4, 0.5) is 0 Å². The van der Waals surface area contributed by atoms with E-state index in [9.17, 15) is 9.90 Å². The second-order valence-electron chi connectivity index (χ2n) is 5.31. The summed E-state index contributed by atoms with van der Waals surface area (Å²) in [5.74, 6) is -0.446. The average Bonchev–Trinajstić information content (AvgIpc) is 3.04. The van der Waals surface area contributed by atoms with Crippen LogP contribution in [0, 0.1) is 5.41 Å². The minimum absolute atomic E-state index is 0.155. The Morgan fingerprint density at radius 2 is 2.19 bits per heavy atom. The number of nitrogens with zero attached hydrogens (tertiary/aromatic N) is 7. The molecule has 3 heterocycles. The number of aliphatic carboxylic acids is 1. The van der Waals surface area contributed by atoms with Gasteiger partial charge in [0.2, 0.25) is 0 Å². The third-order valence-electron chi connectivity index (χ3n) is 3.22. The summed E-state index contributed by atoms with van der Waals surface area (Å²) in [4.78, 5) is 15.3. The lowest BCUT2D eigenvalue weighted by Gasteiger charge is -2.18. The van der Waals surface area contributed by atoms with Crippen molar-refractivity contribution in [1.29, 1.82) is 0 Å². The summed E-state index contributed by atoms with van der Waals surface area (Å²) in [5, 5.41) is 24.9. The zero-order valence-electron chi connectivity index (χ0n) is 11.5. The molecule has 0 fully saturated rings. The average molecular weight is 287 g/mol. The molecular formula is C12H13N7O2. The predicted molar refractivity (Wildman–Crippen MR) is 71.2 cm³/mol. The second kappa shape index (κ2) is 4.62. The van der Waals surface area contributed by atoms with Gasteiger partial charge in [-0.05, 0) is 24.3 Å². The topological polar surface area (TPSA) is 111 Å². The van der Waals surface area contributed by atoms with Crippen molar-refractivity contribution in [2.45, 2.75) is 20.4 Å². The Morgan fingerprint density at radius 3 is 2.95 bits per heavy atom. The highest BCUT2D eigenvalue weighted by atomic mass is 16.4. The van der Waals surface area contributed by atoms with Crippen molar-refractivity contribution in [2.75, 3.05) is 0 Å². The first-order valence-electron chi connectivity index (χ1n) is 6.26. The van der Waals surface area contributed by atoms with Crippen molar-refractivity contribution < 1.29 is 9.90 Å². The number of carboxylic acids is 1. The highest BCUT2D eigenvalue weighted by Crippen LogP contribution is 2.24. The molecule has 0 saturated heterocycles. The summed E-state index contributed by atoms with van der Waals surface area (Å²) in [6, 6.07) is 0. The van der Waals surface area contributed by atoms with Crippen LogP contribution in [0.15, 0.2) is 24.8 Å². The Kier molecular flexibility index (Phi) is 2.89. The molecule has 0 atom stereocenters. The van der Waals surface area contributed by atoms with Gasteiger partial charge in [0.15, 0.2) is 5.82 Å². The fourth-order valence-electron chi connectivity index (χ4n) is 1.95. The molecule has 1 N–H and O–H groups in total. The van der Waals surface area contributed by atoms with Gasteiger partial charge in [0.1, 0.15) is 0 Å². The lowest BCUT2D eigenvalue weighted by molar-refractivity contribution is -0.147. The minimum Gasteiger partial charge on any atom is -0.481 e. The minimum atomic E-state index is -0.981. The number of carbonyl (C=O) groups is 1. The third kappa shape index (κ3) is 2.22. The normalized spacial score (nSPS) is 11.9. The van der Waals surface area contributed by atoms with Crippen LogP contribution in [-0.2, 0) is 11.3 Å². The molecule has 3 rings (SSSR count). The first-order chi connectivity index (χ1) is 9.99. The lowest BCUT2D eigenvalue weighted by atomic mass is 9.94. The van der Waals surface area contributed by atoms with Gasteiger partial charge in [-0.3, -0.25) is 9.78 Å². The van der Waals surface area contributed by atoms with Crippen LogP contribution < -0.4 is 0 Å². The van der Waals surface area contributed by atoms with Crippen molar-refractivity contribution in [3.8, 4) is 11.4 Å². The molecule has 0 aromatic carbocycles. The molecule has 0 aliphatic heterocycles. The van der Waals surface area contributed by atoms with Crippen LogP contribution in [0.25, 0.3) is 16.9 Å². The lowest BCUT2D eigenvalue weighted by Crippen LogP contribution is -2.30. The number of rotatable bonds is 4. The number of aromatic nitrogens is 7. The Balaban J connectivity index is 2.05. The van der Waals surface area contributed by atoms with E-state index < -0.39 is 11.4 Å². The summed E-state index contributed by atoms with van der Waals surface area (Å²) in [5.41, 5.74) is 0.474. The summed E-state index contributed by atoms with van der Waals surface area (Å²) in [6.07, 6.45) is 6.63. The highest BCUT2D eigenvalue weighted by Gasteiger charge is 2.30. The van der Waals surface area contributed by atoms with Gasteiger partial charge in [0.05, 0.1) is 35.4 Å². The largest absolute Gasteiger partial charge is 0.481 e. The van der Waals surface area contributed by atoms with Crippen LogP contribution in [0.3, 0.4) is 0 Å². The molecule has 0 radical (unpaired) electrons. The Bertz CT molecular complexity index is 805. The first kappa shape index (κ1) is 13.2. The van der Waals surface area contributed by atoms with Gasteiger partial charge >= 0.3 is 5.97 Å². The SMILES string of the molecule is CC(C)(Cn1nnnc1-c1cnn2ccncc12)C(=O)O. The van der Waals surface area contributed by atoms with Crippen LogP contribution in [0.5, 0.6) is 0 Å². The smallest absolute Gasteiger partial charge is 0.310 e. The molecular weight excluding hydrogens is 274 g/mol. The number of carboxylic acid groups (broad SMARTS) is 1. The van der Waals surface area contributed by atoms with E-state index in [1.165, 1.54) is 4.68 Å². The van der Waals surface area contributed by atoms with Crippen LogP contribution in [-0.4, -0.2) is 45.9 Å². The van der Waals surface area contributed by atoms with E-state index in [0.29, 0.717) is 11.4 Å². The molecule has 9 nitrogen and oxygen atoms in total. The van der Waals surface area contributed by atoms with Gasteiger partial charge in [0, 0.05) is 12.4 Å². The number of hydrogen-bond acceptors (Lipinski definition) is 6. The summed E-state index contributed by atoms with van der Waals surface area (Å²) in [7, 11) is 0. The molecule has 0 aliphatic carbocycles. The van der Waals surface area contributed by atoms with E-state index in [2.05, 4.69) is 25.6 Å². The van der Waals surface area contributed by atoms with Gasteiger partial charge in [-0.1, -0.05) is 0 Å². The maximum atomic E-state index is 11.2. The van der Waals surface area contributed by atoms with Gasteiger partial charge in [0.25, 0.3) is 0 Å². The third-order valence-corrected chi connectivity index (χ3v) is 3.22. The zero-order chi connectivity index (χ0) is 15.0. The first-order valence-corrected chi connectivity index (χ1v) is 6.26. The molecule has 3 aromatic heterocycles. The highest BCUT2D eigenvalue weighted by molar-refractivity contribution is 5.75. The Labute approximate surface area is 119 Å². The van der Waals surface area contributed by atoms with E-state index >= 15 is 0 Å². The molecule has 0 unspecified atom stereocenters. The number of fused-ring (bicyclic) bond motifs is 1. The van der Waals surface area contributed by atoms with E-state index in [1.807, 2.05) is 0 Å². The quantitative estimate of drug-likeness (QED) is 0.743.